The van der Waals surface area contributed by atoms with Crippen LogP contribution in [0.4, 0.5) is 10.1 Å². The third-order valence-corrected chi connectivity index (χ3v) is 7.86. The number of carbonyl (C=O) groups excluding carboxylic acids is 1. The Bertz CT molecular complexity index is 1870. The molecule has 2 unspecified atom stereocenters. The molecule has 212 valence electrons. The van der Waals surface area contributed by atoms with Gasteiger partial charge in [-0.25, -0.2) is 14.1 Å². The number of para-hydroxylation sites is 1. The minimum absolute atomic E-state index is 0.0106. The van der Waals surface area contributed by atoms with Gasteiger partial charge in [-0.05, 0) is 48.7 Å². The number of halogens is 3. The second-order valence-corrected chi connectivity index (χ2v) is 10.9. The fourth-order valence-corrected chi connectivity index (χ4v) is 5.48. The molecule has 1 aliphatic heterocycles. The summed E-state index contributed by atoms with van der Waals surface area (Å²) < 4.78 is 18.2. The number of rotatable bonds is 3. The Kier molecular flexibility index (Phi) is 7.57. The van der Waals surface area contributed by atoms with Crippen LogP contribution in [-0.2, 0) is 4.79 Å². The Morgan fingerprint density at radius 3 is 2.64 bits per heavy atom. The molecule has 3 aromatic heterocycles. The quantitative estimate of drug-likeness (QED) is 0.257. The van der Waals surface area contributed by atoms with Crippen molar-refractivity contribution in [1.29, 1.82) is 0 Å². The van der Waals surface area contributed by atoms with Crippen LogP contribution in [0.1, 0.15) is 37.9 Å². The minimum atomic E-state index is -0.753. The van der Waals surface area contributed by atoms with Crippen molar-refractivity contribution in [2.75, 3.05) is 5.32 Å². The zero-order valence-electron chi connectivity index (χ0n) is 22.3. The van der Waals surface area contributed by atoms with Crippen LogP contribution in [0.15, 0.2) is 78.1 Å². The first kappa shape index (κ1) is 27.7. The molecule has 0 aliphatic carbocycles. The van der Waals surface area contributed by atoms with Crippen molar-refractivity contribution in [3.8, 4) is 28.1 Å². The zero-order chi connectivity index (χ0) is 29.4. The summed E-state index contributed by atoms with van der Waals surface area (Å²) in [4.78, 5) is 35.7. The summed E-state index contributed by atoms with van der Waals surface area (Å²) in [5, 5.41) is 10.7. The number of hydrogen-bond donors (Lipinski definition) is 1. The number of carbonyl (C=O) groups is 1. The van der Waals surface area contributed by atoms with E-state index in [0.29, 0.717) is 30.6 Å². The first-order valence-corrected chi connectivity index (χ1v) is 14.1. The molecule has 5 aromatic rings. The largest absolute Gasteiger partial charge is 0.325 e. The van der Waals surface area contributed by atoms with Crippen LogP contribution in [0, 0.1) is 11.7 Å². The lowest BCUT2D eigenvalue weighted by atomic mass is 9.95. The molecule has 0 spiro atoms. The Morgan fingerprint density at radius 1 is 1.02 bits per heavy atom. The van der Waals surface area contributed by atoms with Gasteiger partial charge in [0.15, 0.2) is 11.0 Å². The molecule has 1 amide bonds. The zero-order valence-corrected chi connectivity index (χ0v) is 23.8. The van der Waals surface area contributed by atoms with E-state index < -0.39 is 17.4 Å². The van der Waals surface area contributed by atoms with Gasteiger partial charge in [-0.1, -0.05) is 60.0 Å². The van der Waals surface area contributed by atoms with E-state index >= 15 is 4.39 Å². The number of fused-ring (bicyclic) bond motifs is 4. The van der Waals surface area contributed by atoms with E-state index in [1.54, 1.807) is 12.3 Å². The number of anilines is 1. The highest BCUT2D eigenvalue weighted by Gasteiger charge is 2.24. The van der Waals surface area contributed by atoms with Crippen molar-refractivity contribution < 1.29 is 9.18 Å². The Hall–Kier alpha value is -4.41. The molecule has 2 aromatic carbocycles. The number of amides is 1. The molecule has 0 radical (unpaired) electrons. The molecule has 4 heterocycles. The van der Waals surface area contributed by atoms with Gasteiger partial charge in [0, 0.05) is 29.4 Å². The first-order valence-electron chi connectivity index (χ1n) is 13.3. The summed E-state index contributed by atoms with van der Waals surface area (Å²) in [5.74, 6) is -1.06. The van der Waals surface area contributed by atoms with E-state index in [1.807, 2.05) is 43.3 Å². The van der Waals surface area contributed by atoms with Crippen molar-refractivity contribution in [2.24, 2.45) is 5.92 Å². The third-order valence-electron chi connectivity index (χ3n) is 7.39. The van der Waals surface area contributed by atoms with Crippen LogP contribution in [-0.4, -0.2) is 35.4 Å². The van der Waals surface area contributed by atoms with Gasteiger partial charge >= 0.3 is 0 Å². The summed E-state index contributed by atoms with van der Waals surface area (Å²) in [5.41, 5.74) is 3.01. The summed E-state index contributed by atoms with van der Waals surface area (Å²) in [6, 6.07) is 15.1. The number of nitrogens with zero attached hydrogens (tertiary/aromatic N) is 6. The molecule has 1 N–H and O–H groups in total. The van der Waals surface area contributed by atoms with Crippen LogP contribution in [0.3, 0.4) is 0 Å². The second kappa shape index (κ2) is 11.5. The Labute approximate surface area is 250 Å². The number of pyridine rings is 1. The SMILES string of the molecule is CC1CCCC(n2cnc(-c3c(-n4cc(Cl)nn4)ccc(Cl)c3F)cc2=O)c2cc(ccn2)-c2ccccc2NC1=O. The molecule has 2 atom stereocenters. The second-order valence-electron chi connectivity index (χ2n) is 10.1. The molecule has 0 saturated heterocycles. The van der Waals surface area contributed by atoms with E-state index in [9.17, 15) is 9.59 Å². The monoisotopic (exact) mass is 603 g/mol. The van der Waals surface area contributed by atoms with Crippen LogP contribution >= 0.6 is 23.2 Å². The predicted molar refractivity (Wildman–Crippen MR) is 158 cm³/mol. The van der Waals surface area contributed by atoms with Crippen molar-refractivity contribution in [2.45, 2.75) is 32.2 Å². The summed E-state index contributed by atoms with van der Waals surface area (Å²) in [6.45, 7) is 1.89. The molecular weight excluding hydrogens is 580 g/mol. The third kappa shape index (κ3) is 5.31. The molecular formula is C30H24Cl2FN7O2. The van der Waals surface area contributed by atoms with E-state index in [2.05, 4.69) is 25.6 Å². The number of nitrogens with one attached hydrogen (secondary N) is 1. The van der Waals surface area contributed by atoms with E-state index in [0.717, 1.165) is 11.1 Å². The number of benzene rings is 2. The van der Waals surface area contributed by atoms with Gasteiger partial charge in [0.1, 0.15) is 0 Å². The average molecular weight is 604 g/mol. The van der Waals surface area contributed by atoms with Crippen molar-refractivity contribution in [3.63, 3.8) is 0 Å². The number of hydrogen-bond acceptors (Lipinski definition) is 6. The highest BCUT2D eigenvalue weighted by atomic mass is 35.5. The van der Waals surface area contributed by atoms with Crippen LogP contribution in [0.25, 0.3) is 28.1 Å². The maximum atomic E-state index is 15.4. The lowest BCUT2D eigenvalue weighted by molar-refractivity contribution is -0.119. The van der Waals surface area contributed by atoms with Crippen LogP contribution in [0.2, 0.25) is 10.2 Å². The van der Waals surface area contributed by atoms with Gasteiger partial charge in [0.25, 0.3) is 5.56 Å². The predicted octanol–water partition coefficient (Wildman–Crippen LogP) is 6.35. The lowest BCUT2D eigenvalue weighted by Gasteiger charge is -2.23. The van der Waals surface area contributed by atoms with E-state index in [1.165, 1.54) is 33.9 Å². The molecule has 6 rings (SSSR count). The molecule has 42 heavy (non-hydrogen) atoms. The molecule has 0 fully saturated rings. The average Bonchev–Trinajstić information content (AvgIpc) is 3.42. The minimum Gasteiger partial charge on any atom is -0.325 e. The highest BCUT2D eigenvalue weighted by Crippen LogP contribution is 2.34. The standard InChI is InChI=1S/C30H24Cl2FN7O2/c1-17-5-4-8-24(22-13-18(11-12-34-22)19-6-2-3-7-21(19)36-30(17)42)39-16-35-23(14-27(39)41)28-25(10-9-20(31)29(28)33)40-15-26(32)37-38-40/h2-3,6-7,9-17,24H,4-5,8H2,1H3,(H,36,42). The summed E-state index contributed by atoms with van der Waals surface area (Å²) >= 11 is 12.0. The van der Waals surface area contributed by atoms with Crippen LogP contribution < -0.4 is 10.9 Å². The van der Waals surface area contributed by atoms with E-state index in [4.69, 9.17) is 23.2 Å². The fraction of sp³-hybridized carbons (Fsp3) is 0.200. The van der Waals surface area contributed by atoms with Crippen LogP contribution in [0.5, 0.6) is 0 Å². The fourth-order valence-electron chi connectivity index (χ4n) is 5.19. The smallest absolute Gasteiger partial charge is 0.254 e. The molecule has 1 aliphatic rings. The van der Waals surface area contributed by atoms with Crippen molar-refractivity contribution in [1.82, 2.24) is 29.5 Å². The molecule has 2 bridgehead atoms. The van der Waals surface area contributed by atoms with Gasteiger partial charge in [-0.3, -0.25) is 19.1 Å². The maximum Gasteiger partial charge on any atom is 0.254 e. The molecule has 12 heteroatoms. The van der Waals surface area contributed by atoms with Gasteiger partial charge in [-0.2, -0.15) is 0 Å². The number of aromatic nitrogens is 6. The van der Waals surface area contributed by atoms with Gasteiger partial charge in [-0.15, -0.1) is 5.10 Å². The topological polar surface area (TPSA) is 108 Å². The lowest BCUT2D eigenvalue weighted by Crippen LogP contribution is -2.27. The first-order chi connectivity index (χ1) is 20.3. The van der Waals surface area contributed by atoms with Gasteiger partial charge in [0.05, 0.1) is 46.2 Å². The van der Waals surface area contributed by atoms with Gasteiger partial charge in [0.2, 0.25) is 5.91 Å². The van der Waals surface area contributed by atoms with Crippen molar-refractivity contribution in [3.05, 3.63) is 105 Å². The summed E-state index contributed by atoms with van der Waals surface area (Å²) in [7, 11) is 0. The van der Waals surface area contributed by atoms with Gasteiger partial charge < -0.3 is 5.32 Å². The Morgan fingerprint density at radius 2 is 1.86 bits per heavy atom. The molecule has 0 saturated carbocycles. The highest BCUT2D eigenvalue weighted by molar-refractivity contribution is 6.31. The maximum absolute atomic E-state index is 15.4. The van der Waals surface area contributed by atoms with Crippen molar-refractivity contribution >= 4 is 34.8 Å². The summed E-state index contributed by atoms with van der Waals surface area (Å²) in [6.07, 6.45) is 6.30. The normalized spacial score (nSPS) is 17.1. The van der Waals surface area contributed by atoms with E-state index in [-0.39, 0.29) is 38.9 Å². The molecule has 9 nitrogen and oxygen atoms in total. The Balaban J connectivity index is 1.45.